The highest BCUT2D eigenvalue weighted by molar-refractivity contribution is 7.91. The Morgan fingerprint density at radius 3 is 2.66 bits per heavy atom. The summed E-state index contributed by atoms with van der Waals surface area (Å²) in [6.07, 6.45) is 0.551. The fourth-order valence-electron chi connectivity index (χ4n) is 3.90. The van der Waals surface area contributed by atoms with Crippen molar-refractivity contribution in [1.82, 2.24) is 4.57 Å². The number of likely N-dealkylation sites (N-methyl/N-ethyl adjacent to an activating group) is 1. The minimum atomic E-state index is -3.03. The summed E-state index contributed by atoms with van der Waals surface area (Å²) in [6, 6.07) is 7.51. The van der Waals surface area contributed by atoms with Gasteiger partial charge < -0.3 is 14.6 Å². The van der Waals surface area contributed by atoms with Crippen molar-refractivity contribution in [2.45, 2.75) is 33.2 Å². The zero-order valence-electron chi connectivity index (χ0n) is 17.0. The molecular formula is C20H29N4O4S+. The van der Waals surface area contributed by atoms with E-state index < -0.39 is 15.7 Å². The van der Waals surface area contributed by atoms with Gasteiger partial charge in [-0.3, -0.25) is 4.79 Å². The number of carbonyl (C=O) groups excluding carboxylic acids is 1. The molecule has 1 saturated heterocycles. The molecule has 0 saturated carbocycles. The number of benzene rings is 1. The Morgan fingerprint density at radius 1 is 1.28 bits per heavy atom. The number of hydrogen-bond acceptors (Lipinski definition) is 5. The van der Waals surface area contributed by atoms with Crippen molar-refractivity contribution in [3.63, 3.8) is 0 Å². The molecule has 0 spiro atoms. The second-order valence-corrected chi connectivity index (χ2v) is 9.84. The highest BCUT2D eigenvalue weighted by atomic mass is 32.2. The molecule has 1 aliphatic heterocycles. The van der Waals surface area contributed by atoms with Crippen LogP contribution in [-0.4, -0.2) is 55.1 Å². The summed E-state index contributed by atoms with van der Waals surface area (Å²) in [5, 5.41) is 19.3. The average Bonchev–Trinajstić information content (AvgIpc) is 3.17. The molecule has 9 heteroatoms. The number of fused-ring (bicyclic) bond motifs is 1. The van der Waals surface area contributed by atoms with Gasteiger partial charge in [0.1, 0.15) is 0 Å². The van der Waals surface area contributed by atoms with E-state index in [1.807, 2.05) is 28.8 Å². The fraction of sp³-hybridized carbons (Fsp3) is 0.550. The second-order valence-electron chi connectivity index (χ2n) is 7.62. The van der Waals surface area contributed by atoms with Crippen LogP contribution in [-0.2, 0) is 21.2 Å². The monoisotopic (exact) mass is 421 g/mol. The molecule has 158 valence electrons. The summed E-state index contributed by atoms with van der Waals surface area (Å²) in [5.74, 6) is -0.496. The van der Waals surface area contributed by atoms with Crippen molar-refractivity contribution < 1.29 is 23.2 Å². The van der Waals surface area contributed by atoms with Gasteiger partial charge in [-0.1, -0.05) is 18.2 Å². The molecule has 0 unspecified atom stereocenters. The van der Waals surface area contributed by atoms with Gasteiger partial charge in [0.15, 0.2) is 15.5 Å². The van der Waals surface area contributed by atoms with Gasteiger partial charge in [-0.15, -0.1) is 10.2 Å². The van der Waals surface area contributed by atoms with E-state index in [1.165, 1.54) is 4.90 Å². The van der Waals surface area contributed by atoms with Crippen molar-refractivity contribution in [2.75, 3.05) is 31.1 Å². The highest BCUT2D eigenvalue weighted by Crippen LogP contribution is 2.38. The maximum atomic E-state index is 12.2. The first-order chi connectivity index (χ1) is 13.8. The van der Waals surface area contributed by atoms with Crippen molar-refractivity contribution in [3.8, 4) is 5.88 Å². The minimum Gasteiger partial charge on any atom is -0.493 e. The second kappa shape index (κ2) is 9.04. The smallest absolute Gasteiger partial charge is 0.265 e. The van der Waals surface area contributed by atoms with E-state index in [-0.39, 0.29) is 35.4 Å². The maximum Gasteiger partial charge on any atom is 0.265 e. The summed E-state index contributed by atoms with van der Waals surface area (Å²) < 4.78 is 24.9. The number of azo groups is 1. The summed E-state index contributed by atoms with van der Waals surface area (Å²) in [7, 11) is -3.03. The van der Waals surface area contributed by atoms with E-state index in [2.05, 4.69) is 24.1 Å². The molecule has 2 heterocycles. The minimum absolute atomic E-state index is 0.00208. The Balaban J connectivity index is 1.79. The van der Waals surface area contributed by atoms with E-state index >= 15 is 0 Å². The van der Waals surface area contributed by atoms with E-state index in [4.69, 9.17) is 0 Å². The van der Waals surface area contributed by atoms with Crippen LogP contribution in [0.15, 0.2) is 34.5 Å². The van der Waals surface area contributed by atoms with Gasteiger partial charge in [0.2, 0.25) is 5.88 Å². The molecule has 0 radical (unpaired) electrons. The van der Waals surface area contributed by atoms with E-state index in [0.717, 1.165) is 30.5 Å². The normalized spacial score (nSPS) is 18.9. The van der Waals surface area contributed by atoms with E-state index in [0.29, 0.717) is 13.0 Å². The number of rotatable bonds is 8. The van der Waals surface area contributed by atoms with Crippen LogP contribution >= 0.6 is 0 Å². The van der Waals surface area contributed by atoms with Gasteiger partial charge in [-0.25, -0.2) is 8.42 Å². The van der Waals surface area contributed by atoms with Crippen LogP contribution in [0.2, 0.25) is 0 Å². The number of carbonyl (C=O) groups is 1. The highest BCUT2D eigenvalue weighted by Gasteiger charge is 2.29. The van der Waals surface area contributed by atoms with Crippen LogP contribution < -0.4 is 4.90 Å². The van der Waals surface area contributed by atoms with Crippen LogP contribution in [0.1, 0.15) is 26.7 Å². The molecule has 1 atom stereocenters. The fourth-order valence-corrected chi connectivity index (χ4v) is 5.76. The predicted octanol–water partition coefficient (Wildman–Crippen LogP) is 1.71. The van der Waals surface area contributed by atoms with Crippen molar-refractivity contribution in [2.24, 2.45) is 16.1 Å². The van der Waals surface area contributed by atoms with Crippen molar-refractivity contribution in [1.29, 1.82) is 0 Å². The number of quaternary nitrogens is 1. The number of hydrogen-bond donors (Lipinski definition) is 2. The molecule has 8 nitrogen and oxygen atoms in total. The molecule has 3 rings (SSSR count). The lowest BCUT2D eigenvalue weighted by molar-refractivity contribution is -0.897. The zero-order valence-corrected chi connectivity index (χ0v) is 17.8. The number of nitrogens with one attached hydrogen (secondary N) is 1. The Labute approximate surface area is 171 Å². The quantitative estimate of drug-likeness (QED) is 0.633. The van der Waals surface area contributed by atoms with E-state index in [1.54, 1.807) is 0 Å². The van der Waals surface area contributed by atoms with Crippen LogP contribution in [0, 0.1) is 5.92 Å². The third-order valence-corrected chi connectivity index (χ3v) is 7.49. The largest absolute Gasteiger partial charge is 0.493 e. The maximum absolute atomic E-state index is 12.2. The molecular weight excluding hydrogens is 392 g/mol. The molecule has 0 bridgehead atoms. The van der Waals surface area contributed by atoms with Gasteiger partial charge in [0.25, 0.3) is 5.91 Å². The topological polar surface area (TPSA) is 106 Å². The Kier molecular flexibility index (Phi) is 6.69. The standard InChI is InChI=1S/C20H28N4O4S/c1-3-23(4-2)10-11-24-17-8-6-5-7-16(17)19(20(24)26)22-21-18(25)13-15-9-12-29(27,28)14-15/h5-8,15,26H,3-4,9-14H2,1-2H3/p+1/t15-/m1/s1. The summed E-state index contributed by atoms with van der Waals surface area (Å²) in [6.45, 7) is 7.78. The Bertz CT molecular complexity index is 1010. The molecule has 1 amide bonds. The van der Waals surface area contributed by atoms with Crippen LogP contribution in [0.5, 0.6) is 5.88 Å². The SMILES string of the molecule is CC[NH+](CC)CCn1c(O)c(N=NC(=O)C[C@H]2CCS(=O)(=O)C2)c2ccccc21. The molecule has 2 aromatic rings. The summed E-state index contributed by atoms with van der Waals surface area (Å²) in [4.78, 5) is 13.6. The van der Waals surface area contributed by atoms with Gasteiger partial charge in [-0.2, -0.15) is 0 Å². The van der Waals surface area contributed by atoms with E-state index in [9.17, 15) is 18.3 Å². The molecule has 0 aliphatic carbocycles. The Hall–Kier alpha value is -2.26. The number of aromatic hydroxyl groups is 1. The first-order valence-corrected chi connectivity index (χ1v) is 12.0. The third-order valence-electron chi connectivity index (χ3n) is 5.66. The lowest BCUT2D eigenvalue weighted by Crippen LogP contribution is -3.11. The van der Waals surface area contributed by atoms with Gasteiger partial charge in [0, 0.05) is 11.8 Å². The molecule has 1 aromatic heterocycles. The molecule has 1 aromatic carbocycles. The number of nitrogens with zero attached hydrogens (tertiary/aromatic N) is 3. The van der Waals surface area contributed by atoms with Gasteiger partial charge >= 0.3 is 0 Å². The summed E-state index contributed by atoms with van der Waals surface area (Å²) >= 11 is 0. The third kappa shape index (κ3) is 5.02. The average molecular weight is 422 g/mol. The van der Waals surface area contributed by atoms with Gasteiger partial charge in [0.05, 0.1) is 43.2 Å². The molecule has 29 heavy (non-hydrogen) atoms. The lowest BCUT2D eigenvalue weighted by Gasteiger charge is -2.16. The van der Waals surface area contributed by atoms with Crippen molar-refractivity contribution in [3.05, 3.63) is 24.3 Å². The number of para-hydroxylation sites is 1. The van der Waals surface area contributed by atoms with Crippen LogP contribution in [0.4, 0.5) is 5.69 Å². The van der Waals surface area contributed by atoms with Gasteiger partial charge in [-0.05, 0) is 32.3 Å². The molecule has 2 N–H and O–H groups in total. The van der Waals surface area contributed by atoms with Crippen LogP contribution in [0.3, 0.4) is 0 Å². The predicted molar refractivity (Wildman–Crippen MR) is 111 cm³/mol. The first-order valence-electron chi connectivity index (χ1n) is 10.1. The lowest BCUT2D eigenvalue weighted by atomic mass is 10.1. The zero-order chi connectivity index (χ0) is 21.0. The Morgan fingerprint density at radius 2 is 2.00 bits per heavy atom. The number of amides is 1. The van der Waals surface area contributed by atoms with Crippen LogP contribution in [0.25, 0.3) is 10.9 Å². The number of aromatic nitrogens is 1. The molecule has 1 fully saturated rings. The molecule has 1 aliphatic rings. The number of sulfone groups is 1. The summed E-state index contributed by atoms with van der Waals surface area (Å²) in [5.41, 5.74) is 1.13. The van der Waals surface area contributed by atoms with Crippen molar-refractivity contribution >= 4 is 32.3 Å². The first kappa shape index (κ1) is 21.4.